The molecule has 2 aromatic rings. The maximum atomic E-state index is 12.8. The largest absolute Gasteiger partial charge is 0.490 e. The molecule has 0 aromatic heterocycles. The van der Waals surface area contributed by atoms with Crippen LogP contribution in [0, 0.1) is 12.3 Å². The minimum Gasteiger partial charge on any atom is -0.490 e. The average Bonchev–Trinajstić information content (AvgIpc) is 2.68. The molecule has 0 spiro atoms. The van der Waals surface area contributed by atoms with Crippen LogP contribution >= 0.6 is 15.9 Å². The Bertz CT molecular complexity index is 953. The number of ether oxygens (including phenoxy) is 2. The molecule has 2 aromatic carbocycles. The van der Waals surface area contributed by atoms with Gasteiger partial charge >= 0.3 is 6.18 Å². The van der Waals surface area contributed by atoms with Gasteiger partial charge in [0.05, 0.1) is 18.4 Å². The number of halogens is 4. The summed E-state index contributed by atoms with van der Waals surface area (Å²) in [6.45, 7) is 2.25. The number of rotatable bonds is 7. The van der Waals surface area contributed by atoms with Crippen LogP contribution in [-0.4, -0.2) is 25.3 Å². The number of hydrazone groups is 1. The number of carbonyl (C=O) groups is 1. The van der Waals surface area contributed by atoms with E-state index >= 15 is 0 Å². The van der Waals surface area contributed by atoms with Gasteiger partial charge in [-0.1, -0.05) is 12.0 Å². The highest BCUT2D eigenvalue weighted by molar-refractivity contribution is 9.10. The molecule has 0 unspecified atom stereocenters. The van der Waals surface area contributed by atoms with Gasteiger partial charge in [0.1, 0.15) is 6.61 Å². The van der Waals surface area contributed by atoms with E-state index in [1.165, 1.54) is 12.3 Å². The normalized spacial score (nSPS) is 11.2. The third kappa shape index (κ3) is 6.26. The summed E-state index contributed by atoms with van der Waals surface area (Å²) in [4.78, 5) is 12.1. The molecule has 9 heteroatoms. The average molecular weight is 469 g/mol. The van der Waals surface area contributed by atoms with E-state index in [-0.39, 0.29) is 12.2 Å². The minimum atomic E-state index is -4.54. The second-order valence-electron chi connectivity index (χ2n) is 5.52. The van der Waals surface area contributed by atoms with Gasteiger partial charge in [0, 0.05) is 15.6 Å². The summed E-state index contributed by atoms with van der Waals surface area (Å²) in [5, 5.41) is 3.80. The molecule has 1 amide bonds. The third-order valence-electron chi connectivity index (χ3n) is 3.50. The molecular formula is C20H16BrF3N2O3. The maximum Gasteiger partial charge on any atom is 0.416 e. The van der Waals surface area contributed by atoms with Crippen molar-refractivity contribution in [1.29, 1.82) is 0 Å². The fraction of sp³-hybridized carbons (Fsp3) is 0.200. The van der Waals surface area contributed by atoms with E-state index in [0.29, 0.717) is 28.1 Å². The molecule has 2 rings (SSSR count). The van der Waals surface area contributed by atoms with Crippen molar-refractivity contribution in [2.24, 2.45) is 5.10 Å². The minimum absolute atomic E-state index is 0.0625. The Balaban J connectivity index is 2.16. The van der Waals surface area contributed by atoms with E-state index in [9.17, 15) is 18.0 Å². The molecule has 0 bridgehead atoms. The van der Waals surface area contributed by atoms with Gasteiger partial charge in [-0.3, -0.25) is 4.79 Å². The summed E-state index contributed by atoms with van der Waals surface area (Å²) in [7, 11) is 0. The molecule has 0 aliphatic rings. The Labute approximate surface area is 174 Å². The zero-order chi connectivity index (χ0) is 21.4. The van der Waals surface area contributed by atoms with E-state index < -0.39 is 17.6 Å². The van der Waals surface area contributed by atoms with Crippen molar-refractivity contribution >= 4 is 28.1 Å². The van der Waals surface area contributed by atoms with Gasteiger partial charge in [-0.15, -0.1) is 6.42 Å². The molecule has 1 N–H and O–H groups in total. The standard InChI is InChI=1S/C20H16BrF3N2O3/c1-3-8-29-18-11-16(21)14(10-17(18)28-4-2)12-25-26-19(27)13-6-5-7-15(9-13)20(22,23)24/h1,5-7,9-12H,4,8H2,2H3,(H,26,27)/b25-12-. The number of nitrogens with one attached hydrogen (secondary N) is 1. The van der Waals surface area contributed by atoms with Crippen molar-refractivity contribution in [3.05, 3.63) is 57.6 Å². The van der Waals surface area contributed by atoms with Crippen molar-refractivity contribution < 1.29 is 27.4 Å². The predicted octanol–water partition coefficient (Wildman–Crippen LogP) is 4.64. The zero-order valence-electron chi connectivity index (χ0n) is 15.2. The molecular weight excluding hydrogens is 453 g/mol. The van der Waals surface area contributed by atoms with Gasteiger partial charge in [0.15, 0.2) is 11.5 Å². The van der Waals surface area contributed by atoms with Crippen LogP contribution in [-0.2, 0) is 6.18 Å². The Morgan fingerprint density at radius 3 is 2.66 bits per heavy atom. The number of hydrogen-bond acceptors (Lipinski definition) is 4. The third-order valence-corrected chi connectivity index (χ3v) is 4.18. The lowest BCUT2D eigenvalue weighted by Crippen LogP contribution is -2.18. The summed E-state index contributed by atoms with van der Waals surface area (Å²) in [6, 6.07) is 7.32. The Hall–Kier alpha value is -2.99. The second kappa shape index (κ2) is 9.98. The van der Waals surface area contributed by atoms with Gasteiger partial charge in [0.2, 0.25) is 0 Å². The van der Waals surface area contributed by atoms with E-state index in [1.807, 2.05) is 0 Å². The van der Waals surface area contributed by atoms with Gasteiger partial charge in [-0.2, -0.15) is 18.3 Å². The molecule has 0 heterocycles. The van der Waals surface area contributed by atoms with E-state index in [1.54, 1.807) is 19.1 Å². The monoisotopic (exact) mass is 468 g/mol. The first-order valence-corrected chi connectivity index (χ1v) is 9.08. The highest BCUT2D eigenvalue weighted by atomic mass is 79.9. The Kier molecular flexibility index (Phi) is 7.67. The molecule has 5 nitrogen and oxygen atoms in total. The molecule has 0 radical (unpaired) electrons. The summed E-state index contributed by atoms with van der Waals surface area (Å²) in [5.74, 6) is 2.44. The van der Waals surface area contributed by atoms with E-state index in [0.717, 1.165) is 18.2 Å². The smallest absolute Gasteiger partial charge is 0.416 e. The van der Waals surface area contributed by atoms with Crippen LogP contribution < -0.4 is 14.9 Å². The molecule has 0 fully saturated rings. The number of terminal acetylenes is 1. The van der Waals surface area contributed by atoms with Crippen LogP contribution in [0.15, 0.2) is 46.0 Å². The van der Waals surface area contributed by atoms with Crippen molar-refractivity contribution in [2.75, 3.05) is 13.2 Å². The molecule has 0 aliphatic heterocycles. The van der Waals surface area contributed by atoms with Crippen LogP contribution in [0.3, 0.4) is 0 Å². The van der Waals surface area contributed by atoms with Gasteiger partial charge in [-0.05, 0) is 53.2 Å². The number of benzene rings is 2. The lowest BCUT2D eigenvalue weighted by molar-refractivity contribution is -0.137. The second-order valence-corrected chi connectivity index (χ2v) is 6.38. The summed E-state index contributed by atoms with van der Waals surface area (Å²) in [6.07, 6.45) is 1.98. The number of nitrogens with zero attached hydrogens (tertiary/aromatic N) is 1. The number of alkyl halides is 3. The number of amides is 1. The van der Waals surface area contributed by atoms with E-state index in [4.69, 9.17) is 15.9 Å². The van der Waals surface area contributed by atoms with Gasteiger partial charge < -0.3 is 9.47 Å². The zero-order valence-corrected chi connectivity index (χ0v) is 16.8. The highest BCUT2D eigenvalue weighted by Crippen LogP contribution is 2.33. The molecule has 0 saturated heterocycles. The van der Waals surface area contributed by atoms with Gasteiger partial charge in [-0.25, -0.2) is 5.43 Å². The fourth-order valence-electron chi connectivity index (χ4n) is 2.21. The highest BCUT2D eigenvalue weighted by Gasteiger charge is 2.30. The maximum absolute atomic E-state index is 12.8. The lowest BCUT2D eigenvalue weighted by Gasteiger charge is -2.12. The number of hydrogen-bond donors (Lipinski definition) is 1. The Morgan fingerprint density at radius 1 is 1.28 bits per heavy atom. The first kappa shape index (κ1) is 22.3. The first-order valence-electron chi connectivity index (χ1n) is 8.29. The van der Waals surface area contributed by atoms with Crippen LogP contribution in [0.25, 0.3) is 0 Å². The van der Waals surface area contributed by atoms with Crippen molar-refractivity contribution in [3.63, 3.8) is 0 Å². The molecule has 0 aliphatic carbocycles. The number of carbonyl (C=O) groups excluding carboxylic acids is 1. The van der Waals surface area contributed by atoms with Crippen molar-refractivity contribution in [2.45, 2.75) is 13.1 Å². The Morgan fingerprint density at radius 2 is 2.00 bits per heavy atom. The first-order chi connectivity index (χ1) is 13.8. The van der Waals surface area contributed by atoms with E-state index in [2.05, 4.69) is 32.4 Å². The predicted molar refractivity (Wildman–Crippen MR) is 106 cm³/mol. The van der Waals surface area contributed by atoms with Crippen molar-refractivity contribution in [1.82, 2.24) is 5.43 Å². The molecule has 152 valence electrons. The van der Waals surface area contributed by atoms with Crippen LogP contribution in [0.5, 0.6) is 11.5 Å². The van der Waals surface area contributed by atoms with Crippen LogP contribution in [0.4, 0.5) is 13.2 Å². The summed E-state index contributed by atoms with van der Waals surface area (Å²) >= 11 is 3.35. The van der Waals surface area contributed by atoms with Crippen molar-refractivity contribution in [3.8, 4) is 23.8 Å². The van der Waals surface area contributed by atoms with Crippen LogP contribution in [0.2, 0.25) is 0 Å². The van der Waals surface area contributed by atoms with Gasteiger partial charge in [0.25, 0.3) is 5.91 Å². The van der Waals surface area contributed by atoms with Crippen LogP contribution in [0.1, 0.15) is 28.4 Å². The molecule has 0 atom stereocenters. The summed E-state index contributed by atoms with van der Waals surface area (Å²) in [5.41, 5.74) is 1.67. The fourth-order valence-corrected chi connectivity index (χ4v) is 2.64. The molecule has 0 saturated carbocycles. The lowest BCUT2D eigenvalue weighted by atomic mass is 10.1. The summed E-state index contributed by atoms with van der Waals surface area (Å²) < 4.78 is 49.8. The topological polar surface area (TPSA) is 59.9 Å². The quantitative estimate of drug-likeness (QED) is 0.365. The SMILES string of the molecule is C#CCOc1cc(Br)c(/C=N\NC(=O)c2cccc(C(F)(F)F)c2)cc1OCC. The molecule has 29 heavy (non-hydrogen) atoms.